The maximum atomic E-state index is 12.5. The Morgan fingerprint density at radius 2 is 1.79 bits per heavy atom. The summed E-state index contributed by atoms with van der Waals surface area (Å²) >= 11 is 0. The number of primary amides is 1. The van der Waals surface area contributed by atoms with Crippen LogP contribution < -0.4 is 11.1 Å². The molecule has 1 saturated carbocycles. The van der Waals surface area contributed by atoms with Gasteiger partial charge in [0.15, 0.2) is 0 Å². The van der Waals surface area contributed by atoms with Gasteiger partial charge in [-0.25, -0.2) is 0 Å². The molecular formula is C17H28N4O3. The zero-order valence-corrected chi connectivity index (χ0v) is 14.2. The van der Waals surface area contributed by atoms with Gasteiger partial charge in [0.05, 0.1) is 12.6 Å². The average Bonchev–Trinajstić information content (AvgIpc) is 3.35. The van der Waals surface area contributed by atoms with Gasteiger partial charge in [-0.15, -0.1) is 0 Å². The molecule has 1 atom stereocenters. The molecule has 3 N–H and O–H groups in total. The van der Waals surface area contributed by atoms with Crippen LogP contribution in [0.1, 0.15) is 38.5 Å². The predicted octanol–water partition coefficient (Wildman–Crippen LogP) is -0.299. The van der Waals surface area contributed by atoms with Crippen molar-refractivity contribution in [3.05, 3.63) is 0 Å². The van der Waals surface area contributed by atoms with Crippen molar-refractivity contribution >= 4 is 17.7 Å². The molecule has 0 aromatic rings. The molecule has 0 aromatic heterocycles. The lowest BCUT2D eigenvalue weighted by molar-refractivity contribution is -0.144. The summed E-state index contributed by atoms with van der Waals surface area (Å²) in [4.78, 5) is 39.5. The molecule has 134 valence electrons. The number of nitrogens with two attached hydrogens (primary N) is 1. The van der Waals surface area contributed by atoms with Crippen LogP contribution in [-0.4, -0.2) is 66.3 Å². The Morgan fingerprint density at radius 3 is 2.42 bits per heavy atom. The number of carbonyl (C=O) groups excluding carboxylic acids is 3. The molecule has 7 nitrogen and oxygen atoms in total. The van der Waals surface area contributed by atoms with Crippen molar-refractivity contribution < 1.29 is 14.4 Å². The van der Waals surface area contributed by atoms with Gasteiger partial charge >= 0.3 is 0 Å². The summed E-state index contributed by atoms with van der Waals surface area (Å²) < 4.78 is 0. The molecule has 24 heavy (non-hydrogen) atoms. The van der Waals surface area contributed by atoms with Crippen molar-refractivity contribution in [2.75, 3.05) is 32.7 Å². The van der Waals surface area contributed by atoms with Gasteiger partial charge in [0.2, 0.25) is 17.7 Å². The number of nitrogens with zero attached hydrogens (tertiary/aromatic N) is 2. The highest BCUT2D eigenvalue weighted by molar-refractivity contribution is 5.88. The molecule has 3 rings (SSSR count). The molecular weight excluding hydrogens is 308 g/mol. The normalized spacial score (nSPS) is 25.8. The van der Waals surface area contributed by atoms with Crippen LogP contribution in [0.3, 0.4) is 0 Å². The number of piperidine rings is 1. The molecule has 0 radical (unpaired) electrons. The first-order valence-corrected chi connectivity index (χ1v) is 9.11. The fourth-order valence-electron chi connectivity index (χ4n) is 3.75. The van der Waals surface area contributed by atoms with Crippen LogP contribution in [0.2, 0.25) is 0 Å². The topological polar surface area (TPSA) is 95.7 Å². The number of likely N-dealkylation sites (tertiary alicyclic amines) is 1. The summed E-state index contributed by atoms with van der Waals surface area (Å²) in [6, 6.07) is -0.111. The summed E-state index contributed by atoms with van der Waals surface area (Å²) in [5.74, 6) is 0.799. The molecule has 3 fully saturated rings. The molecule has 2 aliphatic heterocycles. The third-order valence-corrected chi connectivity index (χ3v) is 5.43. The molecule has 3 aliphatic rings. The van der Waals surface area contributed by atoms with Crippen molar-refractivity contribution in [3.8, 4) is 0 Å². The largest absolute Gasteiger partial charge is 0.370 e. The summed E-state index contributed by atoms with van der Waals surface area (Å²) in [5.41, 5.74) is 5.24. The second kappa shape index (κ2) is 7.51. The van der Waals surface area contributed by atoms with Crippen molar-refractivity contribution in [3.63, 3.8) is 0 Å². The van der Waals surface area contributed by atoms with Crippen LogP contribution in [0.4, 0.5) is 0 Å². The standard InChI is InChI=1S/C17H28N4O3/c18-15(22)10-13-3-6-20(7-4-13)16(23)11-21-8-5-19-14(17(21)24)9-12-1-2-12/h12-14,19H,1-11H2,(H2,18,22). The molecule has 7 heteroatoms. The highest BCUT2D eigenvalue weighted by Gasteiger charge is 2.35. The van der Waals surface area contributed by atoms with E-state index in [1.165, 1.54) is 12.8 Å². The van der Waals surface area contributed by atoms with E-state index in [0.717, 1.165) is 25.8 Å². The van der Waals surface area contributed by atoms with E-state index >= 15 is 0 Å². The highest BCUT2D eigenvalue weighted by atomic mass is 16.2. The third kappa shape index (κ3) is 4.47. The van der Waals surface area contributed by atoms with Gasteiger partial charge in [-0.2, -0.15) is 0 Å². The van der Waals surface area contributed by atoms with Gasteiger partial charge < -0.3 is 20.9 Å². The van der Waals surface area contributed by atoms with Gasteiger partial charge in [-0.05, 0) is 31.1 Å². The number of nitrogens with one attached hydrogen (secondary N) is 1. The fraction of sp³-hybridized carbons (Fsp3) is 0.824. The van der Waals surface area contributed by atoms with E-state index in [0.29, 0.717) is 32.0 Å². The van der Waals surface area contributed by atoms with E-state index < -0.39 is 0 Å². The Labute approximate surface area is 142 Å². The van der Waals surface area contributed by atoms with Gasteiger partial charge in [0.1, 0.15) is 0 Å². The van der Waals surface area contributed by atoms with Crippen LogP contribution in [0.15, 0.2) is 0 Å². The Balaban J connectivity index is 1.45. The molecule has 0 spiro atoms. The molecule has 0 bridgehead atoms. The lowest BCUT2D eigenvalue weighted by Crippen LogP contribution is -2.57. The SMILES string of the molecule is NC(=O)CC1CCN(C(=O)CN2CCNC(CC3CC3)C2=O)CC1. The molecule has 0 aromatic carbocycles. The van der Waals surface area contributed by atoms with Gasteiger partial charge in [-0.1, -0.05) is 12.8 Å². The summed E-state index contributed by atoms with van der Waals surface area (Å²) in [7, 11) is 0. The maximum Gasteiger partial charge on any atom is 0.242 e. The average molecular weight is 336 g/mol. The molecule has 2 saturated heterocycles. The van der Waals surface area contributed by atoms with E-state index in [4.69, 9.17) is 5.73 Å². The third-order valence-electron chi connectivity index (χ3n) is 5.43. The van der Waals surface area contributed by atoms with Crippen LogP contribution >= 0.6 is 0 Å². The highest BCUT2D eigenvalue weighted by Crippen LogP contribution is 2.34. The Morgan fingerprint density at radius 1 is 1.08 bits per heavy atom. The minimum Gasteiger partial charge on any atom is -0.370 e. The zero-order valence-electron chi connectivity index (χ0n) is 14.2. The van der Waals surface area contributed by atoms with Crippen LogP contribution in [0, 0.1) is 11.8 Å². The first-order chi connectivity index (χ1) is 11.5. The molecule has 2 heterocycles. The molecule has 1 unspecified atom stereocenters. The summed E-state index contributed by atoms with van der Waals surface area (Å²) in [5, 5.41) is 3.29. The Kier molecular flexibility index (Phi) is 5.38. The van der Waals surface area contributed by atoms with E-state index in [1.807, 2.05) is 4.90 Å². The number of rotatable bonds is 6. The first-order valence-electron chi connectivity index (χ1n) is 9.11. The molecule has 3 amide bonds. The number of carbonyl (C=O) groups is 3. The summed E-state index contributed by atoms with van der Waals surface area (Å²) in [6.45, 7) is 2.86. The van der Waals surface area contributed by atoms with Crippen LogP contribution in [-0.2, 0) is 14.4 Å². The smallest absolute Gasteiger partial charge is 0.242 e. The van der Waals surface area contributed by atoms with Crippen LogP contribution in [0.5, 0.6) is 0 Å². The lowest BCUT2D eigenvalue weighted by Gasteiger charge is -2.36. The number of amides is 3. The van der Waals surface area contributed by atoms with Crippen molar-refractivity contribution in [2.45, 2.75) is 44.6 Å². The van der Waals surface area contributed by atoms with E-state index in [2.05, 4.69) is 5.32 Å². The van der Waals surface area contributed by atoms with Crippen molar-refractivity contribution in [1.29, 1.82) is 0 Å². The lowest BCUT2D eigenvalue weighted by atomic mass is 9.93. The maximum absolute atomic E-state index is 12.5. The van der Waals surface area contributed by atoms with Gasteiger partial charge in [0, 0.05) is 32.6 Å². The van der Waals surface area contributed by atoms with Crippen LogP contribution in [0.25, 0.3) is 0 Å². The van der Waals surface area contributed by atoms with Gasteiger partial charge in [0.25, 0.3) is 0 Å². The predicted molar refractivity (Wildman–Crippen MR) is 88.8 cm³/mol. The monoisotopic (exact) mass is 336 g/mol. The van der Waals surface area contributed by atoms with Crippen molar-refractivity contribution in [1.82, 2.24) is 15.1 Å². The second-order valence-corrected chi connectivity index (χ2v) is 7.44. The quantitative estimate of drug-likeness (QED) is 0.696. The van der Waals surface area contributed by atoms with E-state index in [-0.39, 0.29) is 36.2 Å². The number of hydrogen-bond donors (Lipinski definition) is 2. The van der Waals surface area contributed by atoms with E-state index in [9.17, 15) is 14.4 Å². The zero-order chi connectivity index (χ0) is 17.1. The minimum absolute atomic E-state index is 0.0212. The first kappa shape index (κ1) is 17.2. The Hall–Kier alpha value is -1.63. The molecule has 1 aliphatic carbocycles. The Bertz CT molecular complexity index is 498. The number of piperazine rings is 1. The van der Waals surface area contributed by atoms with E-state index in [1.54, 1.807) is 4.90 Å². The number of hydrogen-bond acceptors (Lipinski definition) is 4. The fourth-order valence-corrected chi connectivity index (χ4v) is 3.75. The summed E-state index contributed by atoms with van der Waals surface area (Å²) in [6.07, 6.45) is 5.39. The second-order valence-electron chi connectivity index (χ2n) is 7.44. The van der Waals surface area contributed by atoms with Gasteiger partial charge in [-0.3, -0.25) is 14.4 Å². The minimum atomic E-state index is -0.270. The van der Waals surface area contributed by atoms with Crippen molar-refractivity contribution in [2.24, 2.45) is 17.6 Å².